The van der Waals surface area contributed by atoms with Crippen molar-refractivity contribution in [3.63, 3.8) is 0 Å². The zero-order valence-electron chi connectivity index (χ0n) is 13.5. The summed E-state index contributed by atoms with van der Waals surface area (Å²) >= 11 is 0. The normalized spacial score (nSPS) is 24.6. The number of likely N-dealkylation sites (tertiary alicyclic amines) is 1. The van der Waals surface area contributed by atoms with Crippen molar-refractivity contribution in [2.75, 3.05) is 13.1 Å². The molecule has 5 N–H and O–H groups in total. The Morgan fingerprint density at radius 1 is 1.25 bits per heavy atom. The minimum Gasteiger partial charge on any atom is -0.480 e. The van der Waals surface area contributed by atoms with E-state index in [1.807, 2.05) is 0 Å². The fourth-order valence-corrected chi connectivity index (χ4v) is 3.21. The van der Waals surface area contributed by atoms with Gasteiger partial charge in [0.1, 0.15) is 12.1 Å². The molecule has 3 amide bonds. The molecule has 2 fully saturated rings. The lowest BCUT2D eigenvalue weighted by atomic mass is 10.1. The van der Waals surface area contributed by atoms with Crippen LogP contribution >= 0.6 is 0 Å². The molecule has 134 valence electrons. The van der Waals surface area contributed by atoms with Gasteiger partial charge in [-0.15, -0.1) is 0 Å². The maximum Gasteiger partial charge on any atom is 0.326 e. The fourth-order valence-electron chi connectivity index (χ4n) is 3.21. The average Bonchev–Trinajstić information content (AvgIpc) is 3.20. The van der Waals surface area contributed by atoms with E-state index in [-0.39, 0.29) is 24.8 Å². The van der Waals surface area contributed by atoms with Gasteiger partial charge in [0.05, 0.1) is 6.04 Å². The van der Waals surface area contributed by atoms with Crippen LogP contribution in [0.5, 0.6) is 0 Å². The molecule has 0 bridgehead atoms. The second kappa shape index (κ2) is 8.09. The summed E-state index contributed by atoms with van der Waals surface area (Å²) in [5, 5.41) is 14.7. The first-order valence-corrected chi connectivity index (χ1v) is 8.25. The summed E-state index contributed by atoms with van der Waals surface area (Å²) in [5.74, 6) is -2.44. The van der Waals surface area contributed by atoms with E-state index in [9.17, 15) is 19.2 Å². The molecule has 0 aromatic carbocycles. The van der Waals surface area contributed by atoms with Crippen molar-refractivity contribution in [2.45, 2.75) is 56.7 Å². The number of hydrogen-bond donors (Lipinski definition) is 4. The van der Waals surface area contributed by atoms with Gasteiger partial charge in [0, 0.05) is 13.0 Å². The molecule has 3 atom stereocenters. The number of carbonyl (C=O) groups is 4. The molecule has 0 aliphatic carbocycles. The molecular formula is C15H24N4O5. The third-order valence-corrected chi connectivity index (χ3v) is 4.49. The smallest absolute Gasteiger partial charge is 0.326 e. The van der Waals surface area contributed by atoms with E-state index in [0.29, 0.717) is 19.4 Å². The van der Waals surface area contributed by atoms with Crippen molar-refractivity contribution >= 4 is 23.7 Å². The van der Waals surface area contributed by atoms with E-state index >= 15 is 0 Å². The van der Waals surface area contributed by atoms with E-state index < -0.39 is 29.9 Å². The van der Waals surface area contributed by atoms with Gasteiger partial charge >= 0.3 is 5.97 Å². The SMILES string of the molecule is NC(=O)CC[C@@H](NC(=O)[C@@H]1CCCN1C(=O)[C@@H]1CCCN1)C(=O)O. The van der Waals surface area contributed by atoms with Crippen LogP contribution in [-0.4, -0.2) is 64.9 Å². The number of amides is 3. The van der Waals surface area contributed by atoms with Gasteiger partial charge in [0.2, 0.25) is 17.7 Å². The second-order valence-electron chi connectivity index (χ2n) is 6.24. The highest BCUT2D eigenvalue weighted by atomic mass is 16.4. The number of nitrogens with one attached hydrogen (secondary N) is 2. The molecule has 2 heterocycles. The summed E-state index contributed by atoms with van der Waals surface area (Å²) in [6, 6.07) is -2.11. The Kier molecular flexibility index (Phi) is 6.13. The Labute approximate surface area is 139 Å². The van der Waals surface area contributed by atoms with Crippen LogP contribution in [0.25, 0.3) is 0 Å². The van der Waals surface area contributed by atoms with Crippen LogP contribution in [-0.2, 0) is 19.2 Å². The first-order valence-electron chi connectivity index (χ1n) is 8.25. The summed E-state index contributed by atoms with van der Waals surface area (Å²) in [6.45, 7) is 1.28. The Morgan fingerprint density at radius 3 is 2.58 bits per heavy atom. The van der Waals surface area contributed by atoms with Gasteiger partial charge in [-0.1, -0.05) is 0 Å². The standard InChI is InChI=1S/C15H24N4O5/c16-12(20)6-5-10(15(23)24)18-13(21)11-4-2-8-19(11)14(22)9-3-1-7-17-9/h9-11,17H,1-8H2,(H2,16,20)(H,18,21)(H,23,24)/t9-,10+,11-/m0/s1. The second-order valence-corrected chi connectivity index (χ2v) is 6.24. The zero-order chi connectivity index (χ0) is 17.7. The Bertz CT molecular complexity index is 518. The van der Waals surface area contributed by atoms with Crippen molar-refractivity contribution in [1.82, 2.24) is 15.5 Å². The molecule has 9 heteroatoms. The summed E-state index contributed by atoms with van der Waals surface area (Å²) in [5.41, 5.74) is 5.02. The predicted octanol–water partition coefficient (Wildman–Crippen LogP) is -1.44. The lowest BCUT2D eigenvalue weighted by Crippen LogP contribution is -2.53. The Balaban J connectivity index is 1.97. The number of aliphatic carboxylic acids is 1. The molecule has 2 rings (SSSR count). The van der Waals surface area contributed by atoms with E-state index in [2.05, 4.69) is 10.6 Å². The van der Waals surface area contributed by atoms with Crippen LogP contribution in [0.3, 0.4) is 0 Å². The number of primary amides is 1. The van der Waals surface area contributed by atoms with E-state index in [1.54, 1.807) is 0 Å². The van der Waals surface area contributed by atoms with Crippen LogP contribution in [0.1, 0.15) is 38.5 Å². The number of hydrogen-bond acceptors (Lipinski definition) is 5. The van der Waals surface area contributed by atoms with Crippen molar-refractivity contribution in [3.05, 3.63) is 0 Å². The molecule has 9 nitrogen and oxygen atoms in total. The van der Waals surface area contributed by atoms with Crippen molar-refractivity contribution in [3.8, 4) is 0 Å². The molecule has 2 saturated heterocycles. The summed E-state index contributed by atoms with van der Waals surface area (Å²) in [7, 11) is 0. The number of rotatable bonds is 7. The topological polar surface area (TPSA) is 142 Å². The molecule has 0 aromatic rings. The molecular weight excluding hydrogens is 316 g/mol. The van der Waals surface area contributed by atoms with E-state index in [4.69, 9.17) is 10.8 Å². The molecule has 0 aromatic heterocycles. The van der Waals surface area contributed by atoms with Gasteiger partial charge in [0.15, 0.2) is 0 Å². The average molecular weight is 340 g/mol. The van der Waals surface area contributed by atoms with Crippen molar-refractivity contribution < 1.29 is 24.3 Å². The first kappa shape index (κ1) is 18.2. The zero-order valence-corrected chi connectivity index (χ0v) is 13.5. The van der Waals surface area contributed by atoms with E-state index in [0.717, 1.165) is 19.4 Å². The predicted molar refractivity (Wildman–Crippen MR) is 83.8 cm³/mol. The number of carboxylic acids is 1. The third kappa shape index (κ3) is 4.44. The molecule has 0 spiro atoms. The minimum absolute atomic E-state index is 0.0682. The molecule has 0 radical (unpaired) electrons. The van der Waals surface area contributed by atoms with Crippen LogP contribution in [0, 0.1) is 0 Å². The van der Waals surface area contributed by atoms with Gasteiger partial charge in [-0.05, 0) is 38.6 Å². The Morgan fingerprint density at radius 2 is 2.00 bits per heavy atom. The largest absolute Gasteiger partial charge is 0.480 e. The fraction of sp³-hybridized carbons (Fsp3) is 0.733. The molecule has 0 unspecified atom stereocenters. The van der Waals surface area contributed by atoms with Crippen LogP contribution in [0.4, 0.5) is 0 Å². The van der Waals surface area contributed by atoms with E-state index in [1.165, 1.54) is 4.90 Å². The summed E-state index contributed by atoms with van der Waals surface area (Å²) in [6.07, 6.45) is 2.69. The Hall–Kier alpha value is -2.16. The maximum atomic E-state index is 12.5. The van der Waals surface area contributed by atoms with Crippen LogP contribution in [0.2, 0.25) is 0 Å². The lowest BCUT2D eigenvalue weighted by Gasteiger charge is -2.27. The molecule has 0 saturated carbocycles. The monoisotopic (exact) mass is 340 g/mol. The number of nitrogens with two attached hydrogens (primary N) is 1. The minimum atomic E-state index is -1.22. The highest BCUT2D eigenvalue weighted by Gasteiger charge is 2.38. The van der Waals surface area contributed by atoms with Gasteiger partial charge < -0.3 is 26.4 Å². The quantitative estimate of drug-likeness (QED) is 0.447. The number of nitrogens with zero attached hydrogens (tertiary/aromatic N) is 1. The van der Waals surface area contributed by atoms with Crippen molar-refractivity contribution in [1.29, 1.82) is 0 Å². The van der Waals surface area contributed by atoms with Crippen molar-refractivity contribution in [2.24, 2.45) is 5.73 Å². The lowest BCUT2D eigenvalue weighted by molar-refractivity contribution is -0.144. The first-order chi connectivity index (χ1) is 11.4. The third-order valence-electron chi connectivity index (χ3n) is 4.49. The molecule has 24 heavy (non-hydrogen) atoms. The van der Waals surface area contributed by atoms with Gasteiger partial charge in [-0.2, -0.15) is 0 Å². The maximum absolute atomic E-state index is 12.5. The van der Waals surface area contributed by atoms with Crippen LogP contribution in [0.15, 0.2) is 0 Å². The number of carboxylic acid groups (broad SMARTS) is 1. The summed E-state index contributed by atoms with van der Waals surface area (Å²) in [4.78, 5) is 48.5. The van der Waals surface area contributed by atoms with Gasteiger partial charge in [-0.25, -0.2) is 4.79 Å². The molecule has 2 aliphatic rings. The molecule has 2 aliphatic heterocycles. The van der Waals surface area contributed by atoms with Crippen LogP contribution < -0.4 is 16.4 Å². The highest BCUT2D eigenvalue weighted by Crippen LogP contribution is 2.21. The highest BCUT2D eigenvalue weighted by molar-refractivity contribution is 5.92. The van der Waals surface area contributed by atoms with Gasteiger partial charge in [0.25, 0.3) is 0 Å². The summed E-state index contributed by atoms with van der Waals surface area (Å²) < 4.78 is 0. The van der Waals surface area contributed by atoms with Gasteiger partial charge in [-0.3, -0.25) is 14.4 Å². The number of carbonyl (C=O) groups excluding carboxylic acids is 3.